The first-order valence-corrected chi connectivity index (χ1v) is 6.80. The first kappa shape index (κ1) is 14.6. The number of nitrogens with zero attached hydrogens (tertiary/aromatic N) is 1. The van der Waals surface area contributed by atoms with Crippen molar-refractivity contribution in [3.63, 3.8) is 0 Å². The zero-order valence-corrected chi connectivity index (χ0v) is 12.7. The summed E-state index contributed by atoms with van der Waals surface area (Å²) in [5.41, 5.74) is -0.0123. The molecule has 0 radical (unpaired) electrons. The fraction of sp³-hybridized carbons (Fsp3) is 0.600. The Bertz CT molecular complexity index is 506. The number of hydrogen-bond acceptors (Lipinski definition) is 4. The van der Waals surface area contributed by atoms with Gasteiger partial charge in [0.15, 0.2) is 0 Å². The zero-order valence-electron chi connectivity index (χ0n) is 12.7. The maximum atomic E-state index is 11.7. The molecule has 0 saturated heterocycles. The normalized spacial score (nSPS) is 19.9. The van der Waals surface area contributed by atoms with Crippen LogP contribution in [-0.2, 0) is 4.74 Å². The largest absolute Gasteiger partial charge is 0.485 e. The second kappa shape index (κ2) is 4.96. The van der Waals surface area contributed by atoms with Crippen LogP contribution in [0, 0.1) is 0 Å². The highest BCUT2D eigenvalue weighted by Gasteiger charge is 2.42. The fourth-order valence-electron chi connectivity index (χ4n) is 2.28. The molecule has 1 aromatic heterocycles. The number of nitrogens with one attached hydrogen (secondary N) is 1. The minimum atomic E-state index is -0.498. The minimum Gasteiger partial charge on any atom is -0.485 e. The Balaban J connectivity index is 2.04. The summed E-state index contributed by atoms with van der Waals surface area (Å²) in [5.74, 6) is 0.791. The maximum Gasteiger partial charge on any atom is 0.407 e. The molecule has 1 N–H and O–H groups in total. The predicted octanol–water partition coefficient (Wildman–Crippen LogP) is 2.86. The van der Waals surface area contributed by atoms with Crippen molar-refractivity contribution >= 4 is 6.09 Å². The molecule has 110 valence electrons. The molecule has 1 aliphatic heterocycles. The Morgan fingerprint density at radius 2 is 2.20 bits per heavy atom. The Hall–Kier alpha value is -1.78. The number of hydrogen-bond donors (Lipinski definition) is 1. The first-order chi connectivity index (χ1) is 9.19. The highest BCUT2D eigenvalue weighted by atomic mass is 16.6. The van der Waals surface area contributed by atoms with Gasteiger partial charge in [-0.1, -0.05) is 0 Å². The van der Waals surface area contributed by atoms with E-state index < -0.39 is 17.3 Å². The van der Waals surface area contributed by atoms with E-state index in [0.717, 1.165) is 11.4 Å². The average molecular weight is 278 g/mol. The highest BCUT2D eigenvalue weighted by molar-refractivity contribution is 5.67. The van der Waals surface area contributed by atoms with Crippen LogP contribution >= 0.6 is 0 Å². The van der Waals surface area contributed by atoms with Gasteiger partial charge in [-0.05, 0) is 46.8 Å². The number of amides is 1. The molecule has 2 heterocycles. The van der Waals surface area contributed by atoms with Gasteiger partial charge in [0.2, 0.25) is 0 Å². The molecule has 1 aromatic rings. The van der Waals surface area contributed by atoms with Crippen molar-refractivity contribution in [2.45, 2.75) is 51.7 Å². The molecule has 20 heavy (non-hydrogen) atoms. The summed E-state index contributed by atoms with van der Waals surface area (Å²) < 4.78 is 11.1. The van der Waals surface area contributed by atoms with Gasteiger partial charge in [-0.3, -0.25) is 4.98 Å². The third-order valence-corrected chi connectivity index (χ3v) is 3.19. The average Bonchev–Trinajstić information content (AvgIpc) is 2.53. The van der Waals surface area contributed by atoms with Gasteiger partial charge in [-0.15, -0.1) is 0 Å². The fourth-order valence-corrected chi connectivity index (χ4v) is 2.28. The standard InChI is InChI=1S/C15H22N2O3/c1-14(2,3)20-13(18)17-9-10-12-11(7-6-8-16-12)19-15(10,4)5/h6-8,10H,9H2,1-5H3,(H,17,18). The molecule has 0 aromatic carbocycles. The highest BCUT2D eigenvalue weighted by Crippen LogP contribution is 2.42. The third kappa shape index (κ3) is 3.21. The summed E-state index contributed by atoms with van der Waals surface area (Å²) in [6.07, 6.45) is 1.32. The van der Waals surface area contributed by atoms with E-state index in [0.29, 0.717) is 6.54 Å². The molecular weight excluding hydrogens is 256 g/mol. The zero-order chi connectivity index (χ0) is 15.0. The molecule has 0 fully saturated rings. The quantitative estimate of drug-likeness (QED) is 0.903. The van der Waals surface area contributed by atoms with E-state index in [4.69, 9.17) is 9.47 Å². The summed E-state index contributed by atoms with van der Waals surface area (Å²) in [6, 6.07) is 3.75. The molecule has 1 amide bonds. The second-order valence-electron chi connectivity index (χ2n) is 6.53. The van der Waals surface area contributed by atoms with Crippen molar-refractivity contribution in [3.8, 4) is 5.75 Å². The molecule has 5 heteroatoms. The number of aromatic nitrogens is 1. The lowest BCUT2D eigenvalue weighted by atomic mass is 9.90. The van der Waals surface area contributed by atoms with Crippen molar-refractivity contribution in [2.24, 2.45) is 0 Å². The predicted molar refractivity (Wildman–Crippen MR) is 75.9 cm³/mol. The number of pyridine rings is 1. The minimum absolute atomic E-state index is 0.00576. The van der Waals surface area contributed by atoms with Crippen LogP contribution in [0.25, 0.3) is 0 Å². The molecule has 0 saturated carbocycles. The number of carbonyl (C=O) groups is 1. The van der Waals surface area contributed by atoms with E-state index in [1.807, 2.05) is 46.8 Å². The molecule has 0 bridgehead atoms. The Morgan fingerprint density at radius 1 is 1.50 bits per heavy atom. The van der Waals surface area contributed by atoms with Gasteiger partial charge in [-0.25, -0.2) is 4.79 Å². The van der Waals surface area contributed by atoms with Crippen LogP contribution in [0.3, 0.4) is 0 Å². The number of ether oxygens (including phenoxy) is 2. The molecule has 1 aliphatic rings. The summed E-state index contributed by atoms with van der Waals surface area (Å²) >= 11 is 0. The van der Waals surface area contributed by atoms with E-state index in [1.54, 1.807) is 6.20 Å². The van der Waals surface area contributed by atoms with Crippen molar-refractivity contribution in [1.29, 1.82) is 0 Å². The number of carbonyl (C=O) groups excluding carboxylic acids is 1. The van der Waals surface area contributed by atoms with E-state index >= 15 is 0 Å². The van der Waals surface area contributed by atoms with Crippen molar-refractivity contribution in [3.05, 3.63) is 24.0 Å². The van der Waals surface area contributed by atoms with Crippen molar-refractivity contribution in [2.75, 3.05) is 6.54 Å². The maximum absolute atomic E-state index is 11.7. The molecule has 5 nitrogen and oxygen atoms in total. The van der Waals surface area contributed by atoms with Crippen LogP contribution in [0.15, 0.2) is 18.3 Å². The Kier molecular flexibility index (Phi) is 3.63. The van der Waals surface area contributed by atoms with Gasteiger partial charge in [0.25, 0.3) is 0 Å². The van der Waals surface area contributed by atoms with E-state index in [9.17, 15) is 4.79 Å². The van der Waals surface area contributed by atoms with E-state index in [2.05, 4.69) is 10.3 Å². The molecule has 2 rings (SSSR count). The summed E-state index contributed by atoms with van der Waals surface area (Å²) in [7, 11) is 0. The van der Waals surface area contributed by atoms with E-state index in [1.165, 1.54) is 0 Å². The monoisotopic (exact) mass is 278 g/mol. The van der Waals surface area contributed by atoms with Crippen LogP contribution in [-0.4, -0.2) is 28.8 Å². The summed E-state index contributed by atoms with van der Waals surface area (Å²) in [5, 5.41) is 2.80. The second-order valence-corrected chi connectivity index (χ2v) is 6.53. The van der Waals surface area contributed by atoms with Gasteiger partial charge in [-0.2, -0.15) is 0 Å². The van der Waals surface area contributed by atoms with Crippen molar-refractivity contribution in [1.82, 2.24) is 10.3 Å². The summed E-state index contributed by atoms with van der Waals surface area (Å²) in [4.78, 5) is 16.1. The third-order valence-electron chi connectivity index (χ3n) is 3.19. The Labute approximate surface area is 119 Å². The van der Waals surface area contributed by atoms with Crippen LogP contribution in [0.2, 0.25) is 0 Å². The lowest BCUT2D eigenvalue weighted by Crippen LogP contribution is -2.40. The van der Waals surface area contributed by atoms with Crippen LogP contribution < -0.4 is 10.1 Å². The SMILES string of the molecule is CC(C)(C)OC(=O)NCC1c2ncccc2OC1(C)C. The van der Waals surface area contributed by atoms with Gasteiger partial charge in [0.1, 0.15) is 17.0 Å². The number of rotatable bonds is 2. The van der Waals surface area contributed by atoms with Crippen LogP contribution in [0.4, 0.5) is 4.79 Å². The molecule has 0 spiro atoms. The van der Waals surface area contributed by atoms with Crippen molar-refractivity contribution < 1.29 is 14.3 Å². The Morgan fingerprint density at radius 3 is 2.85 bits per heavy atom. The van der Waals surface area contributed by atoms with Gasteiger partial charge in [0, 0.05) is 12.7 Å². The molecular formula is C15H22N2O3. The van der Waals surface area contributed by atoms with Crippen LogP contribution in [0.1, 0.15) is 46.2 Å². The van der Waals surface area contributed by atoms with E-state index in [-0.39, 0.29) is 5.92 Å². The molecule has 1 atom stereocenters. The smallest absolute Gasteiger partial charge is 0.407 e. The first-order valence-electron chi connectivity index (χ1n) is 6.80. The lowest BCUT2D eigenvalue weighted by Gasteiger charge is -2.26. The lowest BCUT2D eigenvalue weighted by molar-refractivity contribution is 0.0501. The number of fused-ring (bicyclic) bond motifs is 1. The van der Waals surface area contributed by atoms with Crippen LogP contribution in [0.5, 0.6) is 5.75 Å². The van der Waals surface area contributed by atoms with Gasteiger partial charge < -0.3 is 14.8 Å². The number of alkyl carbamates (subject to hydrolysis) is 1. The molecule has 1 unspecified atom stereocenters. The molecule has 0 aliphatic carbocycles. The van der Waals surface area contributed by atoms with Gasteiger partial charge >= 0.3 is 6.09 Å². The van der Waals surface area contributed by atoms with Gasteiger partial charge in [0.05, 0.1) is 11.6 Å². The topological polar surface area (TPSA) is 60.5 Å². The summed E-state index contributed by atoms with van der Waals surface area (Å²) in [6.45, 7) is 9.95.